The van der Waals surface area contributed by atoms with E-state index in [2.05, 4.69) is 0 Å². The van der Waals surface area contributed by atoms with Crippen molar-refractivity contribution in [3.05, 3.63) is 0 Å². The van der Waals surface area contributed by atoms with Gasteiger partial charge in [0.1, 0.15) is 9.84 Å². The van der Waals surface area contributed by atoms with E-state index in [4.69, 9.17) is 9.47 Å². The van der Waals surface area contributed by atoms with Crippen molar-refractivity contribution in [1.82, 2.24) is 0 Å². The van der Waals surface area contributed by atoms with Crippen LogP contribution < -0.4 is 0 Å². The predicted molar refractivity (Wildman–Crippen MR) is 54.8 cm³/mol. The first-order valence-corrected chi connectivity index (χ1v) is 7.02. The molecule has 0 saturated heterocycles. The average molecular weight is 228 g/mol. The molecular formula is C7H16O4S2. The first kappa shape index (κ1) is 13.2. The van der Waals surface area contributed by atoms with Crippen molar-refractivity contribution in [3.63, 3.8) is 0 Å². The lowest BCUT2D eigenvalue weighted by Crippen LogP contribution is -2.17. The SMILES string of the molecule is COC(CSCCS(C)(=O)=O)OC. The summed E-state index contributed by atoms with van der Waals surface area (Å²) in [7, 11) is 0.284. The largest absolute Gasteiger partial charge is 0.355 e. The molecule has 0 fully saturated rings. The fourth-order valence-electron chi connectivity index (χ4n) is 0.622. The Balaban J connectivity index is 3.45. The Morgan fingerprint density at radius 1 is 1.31 bits per heavy atom. The summed E-state index contributed by atoms with van der Waals surface area (Å²) in [5.41, 5.74) is 0. The van der Waals surface area contributed by atoms with Gasteiger partial charge in [0, 0.05) is 32.0 Å². The Morgan fingerprint density at radius 3 is 2.23 bits per heavy atom. The van der Waals surface area contributed by atoms with E-state index in [1.165, 1.54) is 18.0 Å². The molecule has 0 amide bonds. The Morgan fingerprint density at radius 2 is 1.85 bits per heavy atom. The molecule has 0 atom stereocenters. The summed E-state index contributed by atoms with van der Waals surface area (Å²) < 4.78 is 31.4. The molecule has 0 radical (unpaired) electrons. The first-order valence-electron chi connectivity index (χ1n) is 3.80. The van der Waals surface area contributed by atoms with E-state index >= 15 is 0 Å². The highest BCUT2D eigenvalue weighted by Gasteiger charge is 2.06. The van der Waals surface area contributed by atoms with Crippen LogP contribution in [0.5, 0.6) is 0 Å². The maximum Gasteiger partial charge on any atom is 0.165 e. The van der Waals surface area contributed by atoms with Crippen molar-refractivity contribution in [1.29, 1.82) is 0 Å². The van der Waals surface area contributed by atoms with Crippen molar-refractivity contribution in [2.24, 2.45) is 0 Å². The fourth-order valence-corrected chi connectivity index (χ4v) is 2.94. The standard InChI is InChI=1S/C7H16O4S2/c1-10-7(11-2)6-12-4-5-13(3,8)9/h7H,4-6H2,1-3H3. The molecule has 0 bridgehead atoms. The molecular weight excluding hydrogens is 212 g/mol. The molecule has 0 aromatic carbocycles. The van der Waals surface area contributed by atoms with Crippen LogP contribution in [-0.2, 0) is 19.3 Å². The van der Waals surface area contributed by atoms with Gasteiger partial charge in [0.25, 0.3) is 0 Å². The highest BCUT2D eigenvalue weighted by Crippen LogP contribution is 2.06. The second kappa shape index (κ2) is 6.64. The second-order valence-corrected chi connectivity index (χ2v) is 6.02. The molecule has 4 nitrogen and oxygen atoms in total. The van der Waals surface area contributed by atoms with Crippen LogP contribution in [0.25, 0.3) is 0 Å². The van der Waals surface area contributed by atoms with Crippen molar-refractivity contribution in [2.75, 3.05) is 37.7 Å². The van der Waals surface area contributed by atoms with Crippen LogP contribution in [0.2, 0.25) is 0 Å². The molecule has 0 heterocycles. The number of rotatable bonds is 7. The molecule has 0 aromatic heterocycles. The minimum atomic E-state index is -2.84. The number of thioether (sulfide) groups is 1. The topological polar surface area (TPSA) is 52.6 Å². The van der Waals surface area contributed by atoms with Gasteiger partial charge in [0.05, 0.1) is 5.75 Å². The number of ether oxygens (including phenoxy) is 2. The van der Waals surface area contributed by atoms with Gasteiger partial charge in [-0.15, -0.1) is 0 Å². The van der Waals surface area contributed by atoms with Crippen molar-refractivity contribution >= 4 is 21.6 Å². The minimum Gasteiger partial charge on any atom is -0.355 e. The molecule has 0 aliphatic heterocycles. The van der Waals surface area contributed by atoms with Crippen LogP contribution in [0.1, 0.15) is 0 Å². The van der Waals surface area contributed by atoms with Crippen LogP contribution in [-0.4, -0.2) is 52.4 Å². The highest BCUT2D eigenvalue weighted by atomic mass is 32.2. The van der Waals surface area contributed by atoms with Gasteiger partial charge in [0.15, 0.2) is 6.29 Å². The summed E-state index contributed by atoms with van der Waals surface area (Å²) in [6.07, 6.45) is 0.988. The summed E-state index contributed by atoms with van der Waals surface area (Å²) in [6, 6.07) is 0. The van der Waals surface area contributed by atoms with E-state index in [9.17, 15) is 8.42 Å². The van der Waals surface area contributed by atoms with Gasteiger partial charge in [-0.1, -0.05) is 0 Å². The van der Waals surface area contributed by atoms with E-state index in [0.29, 0.717) is 11.5 Å². The van der Waals surface area contributed by atoms with Gasteiger partial charge in [-0.05, 0) is 0 Å². The van der Waals surface area contributed by atoms with E-state index in [1.54, 1.807) is 14.2 Å². The zero-order chi connectivity index (χ0) is 10.3. The Kier molecular flexibility index (Phi) is 6.75. The van der Waals surface area contributed by atoms with Gasteiger partial charge in [-0.3, -0.25) is 0 Å². The zero-order valence-electron chi connectivity index (χ0n) is 8.15. The number of methoxy groups -OCH3 is 2. The molecule has 0 N–H and O–H groups in total. The Bertz CT molecular complexity index is 209. The summed E-state index contributed by atoms with van der Waals surface area (Å²) in [5, 5.41) is 0. The monoisotopic (exact) mass is 228 g/mol. The van der Waals surface area contributed by atoms with E-state index in [1.807, 2.05) is 0 Å². The third-order valence-corrected chi connectivity index (χ3v) is 3.58. The van der Waals surface area contributed by atoms with E-state index in [0.717, 1.165) is 0 Å². The van der Waals surface area contributed by atoms with Gasteiger partial charge in [0.2, 0.25) is 0 Å². The molecule has 0 spiro atoms. The Labute approximate surface area is 83.9 Å². The molecule has 0 unspecified atom stereocenters. The quantitative estimate of drug-likeness (QED) is 0.466. The number of sulfone groups is 1. The predicted octanol–water partition coefficient (Wildman–Crippen LogP) is 0.383. The molecule has 0 aromatic rings. The van der Waals surface area contributed by atoms with Crippen LogP contribution in [0, 0.1) is 0 Å². The summed E-state index contributed by atoms with van der Waals surface area (Å²) in [5.74, 6) is 1.45. The zero-order valence-corrected chi connectivity index (χ0v) is 9.78. The van der Waals surface area contributed by atoms with Gasteiger partial charge >= 0.3 is 0 Å². The van der Waals surface area contributed by atoms with E-state index in [-0.39, 0.29) is 12.0 Å². The maximum absolute atomic E-state index is 10.7. The van der Waals surface area contributed by atoms with Crippen molar-refractivity contribution in [3.8, 4) is 0 Å². The van der Waals surface area contributed by atoms with Gasteiger partial charge in [-0.25, -0.2) is 8.42 Å². The molecule has 13 heavy (non-hydrogen) atoms. The van der Waals surface area contributed by atoms with Crippen LogP contribution >= 0.6 is 11.8 Å². The maximum atomic E-state index is 10.7. The van der Waals surface area contributed by atoms with Crippen LogP contribution in [0.4, 0.5) is 0 Å². The minimum absolute atomic E-state index is 0.206. The van der Waals surface area contributed by atoms with Crippen molar-refractivity contribution < 1.29 is 17.9 Å². The summed E-state index contributed by atoms with van der Waals surface area (Å²) >= 11 is 1.51. The fraction of sp³-hybridized carbons (Fsp3) is 1.00. The third-order valence-electron chi connectivity index (χ3n) is 1.38. The molecule has 0 aliphatic rings. The number of hydrogen-bond acceptors (Lipinski definition) is 5. The van der Waals surface area contributed by atoms with Crippen LogP contribution in [0.3, 0.4) is 0 Å². The molecule has 0 aliphatic carbocycles. The summed E-state index contributed by atoms with van der Waals surface area (Å²) in [6.45, 7) is 0. The Hall–Kier alpha value is 0.220. The lowest BCUT2D eigenvalue weighted by molar-refractivity contribution is -0.0842. The van der Waals surface area contributed by atoms with Crippen LogP contribution in [0.15, 0.2) is 0 Å². The van der Waals surface area contributed by atoms with E-state index < -0.39 is 9.84 Å². The van der Waals surface area contributed by atoms with Gasteiger partial charge < -0.3 is 9.47 Å². The van der Waals surface area contributed by atoms with Crippen molar-refractivity contribution in [2.45, 2.75) is 6.29 Å². The number of hydrogen-bond donors (Lipinski definition) is 0. The average Bonchev–Trinajstić information content (AvgIpc) is 2.03. The lowest BCUT2D eigenvalue weighted by atomic mass is 10.7. The molecule has 80 valence electrons. The second-order valence-electron chi connectivity index (χ2n) is 2.61. The summed E-state index contributed by atoms with van der Waals surface area (Å²) in [4.78, 5) is 0. The lowest BCUT2D eigenvalue weighted by Gasteiger charge is -2.11. The first-order chi connectivity index (χ1) is 5.99. The molecule has 0 saturated carbocycles. The highest BCUT2D eigenvalue weighted by molar-refractivity contribution is 8.00. The smallest absolute Gasteiger partial charge is 0.165 e. The van der Waals surface area contributed by atoms with Gasteiger partial charge in [-0.2, -0.15) is 11.8 Å². The third kappa shape index (κ3) is 8.55. The normalized spacial score (nSPS) is 12.3. The molecule has 0 rings (SSSR count). The molecule has 6 heteroatoms.